The largest absolute Gasteiger partial charge is 0.492 e. The van der Waals surface area contributed by atoms with Crippen molar-refractivity contribution >= 4 is 23.2 Å². The van der Waals surface area contributed by atoms with E-state index in [1.807, 2.05) is 19.1 Å². The van der Waals surface area contributed by atoms with Crippen LogP contribution in [0.4, 0.5) is 10.1 Å². The second kappa shape index (κ2) is 8.83. The van der Waals surface area contributed by atoms with Crippen LogP contribution in [0.5, 0.6) is 5.75 Å². The Hall–Kier alpha value is -2.11. The summed E-state index contributed by atoms with van der Waals surface area (Å²) in [5.41, 5.74) is 0.986. The van der Waals surface area contributed by atoms with E-state index in [1.54, 1.807) is 43.1 Å². The van der Waals surface area contributed by atoms with Gasteiger partial charge in [-0.2, -0.15) is 0 Å². The smallest absolute Gasteiger partial charge is 0.241 e. The maximum absolute atomic E-state index is 13.9. The fourth-order valence-corrected chi connectivity index (χ4v) is 2.58. The molecule has 2 rings (SSSR count). The average molecular weight is 365 g/mol. The van der Waals surface area contributed by atoms with Gasteiger partial charge in [-0.25, -0.2) is 4.39 Å². The summed E-state index contributed by atoms with van der Waals surface area (Å²) in [5.74, 6) is 0.0288. The Morgan fingerprint density at radius 1 is 1.28 bits per heavy atom. The number of rotatable bonds is 7. The summed E-state index contributed by atoms with van der Waals surface area (Å²) < 4.78 is 19.4. The van der Waals surface area contributed by atoms with Crippen LogP contribution in [0, 0.1) is 5.82 Å². The van der Waals surface area contributed by atoms with Gasteiger partial charge >= 0.3 is 0 Å². The van der Waals surface area contributed by atoms with Gasteiger partial charge in [-0.05, 0) is 45.2 Å². The lowest BCUT2D eigenvalue weighted by atomic mass is 10.1. The molecule has 0 spiro atoms. The summed E-state index contributed by atoms with van der Waals surface area (Å²) in [4.78, 5) is 14.3. The Balaban J connectivity index is 2.07. The highest BCUT2D eigenvalue weighted by Gasteiger charge is 2.21. The standard InChI is InChI=1S/C19H22ClFN2O2/c1-4-25-18-11-6-5-10-17(18)22-19(24)13(2)23(3)12-14-15(20)8-7-9-16(14)21/h5-11,13H,4,12H2,1-3H3,(H,22,24). The summed E-state index contributed by atoms with van der Waals surface area (Å²) in [6.45, 7) is 4.38. The molecular weight excluding hydrogens is 343 g/mol. The second-order valence-corrected chi connectivity index (χ2v) is 6.12. The van der Waals surface area contributed by atoms with Gasteiger partial charge < -0.3 is 10.1 Å². The monoisotopic (exact) mass is 364 g/mol. The number of nitrogens with zero attached hydrogens (tertiary/aromatic N) is 1. The van der Waals surface area contributed by atoms with Crippen LogP contribution in [0.2, 0.25) is 5.02 Å². The first-order valence-electron chi connectivity index (χ1n) is 8.09. The molecule has 0 aliphatic carbocycles. The molecule has 0 heterocycles. The number of halogens is 2. The fraction of sp³-hybridized carbons (Fsp3) is 0.316. The molecule has 0 saturated heterocycles. The van der Waals surface area contributed by atoms with Gasteiger partial charge in [0.25, 0.3) is 0 Å². The van der Waals surface area contributed by atoms with Crippen molar-refractivity contribution in [1.82, 2.24) is 4.90 Å². The number of hydrogen-bond acceptors (Lipinski definition) is 3. The predicted molar refractivity (Wildman–Crippen MR) is 98.6 cm³/mol. The molecule has 2 aromatic carbocycles. The fourth-order valence-electron chi connectivity index (χ4n) is 2.36. The summed E-state index contributed by atoms with van der Waals surface area (Å²) >= 11 is 6.06. The van der Waals surface area contributed by atoms with E-state index in [2.05, 4.69) is 5.32 Å². The third-order valence-electron chi connectivity index (χ3n) is 3.95. The number of hydrogen-bond donors (Lipinski definition) is 1. The summed E-state index contributed by atoms with van der Waals surface area (Å²) in [6, 6.07) is 11.3. The molecule has 1 N–H and O–H groups in total. The van der Waals surface area contributed by atoms with E-state index >= 15 is 0 Å². The first kappa shape index (κ1) is 19.2. The highest BCUT2D eigenvalue weighted by atomic mass is 35.5. The van der Waals surface area contributed by atoms with Crippen LogP contribution in [0.15, 0.2) is 42.5 Å². The Bertz CT molecular complexity index is 719. The number of benzene rings is 2. The number of carbonyl (C=O) groups excluding carboxylic acids is 1. The number of anilines is 1. The SMILES string of the molecule is CCOc1ccccc1NC(=O)C(C)N(C)Cc1c(F)cccc1Cl. The van der Waals surface area contributed by atoms with Crippen molar-refractivity contribution in [3.8, 4) is 5.75 Å². The van der Waals surface area contributed by atoms with Crippen LogP contribution in [0.25, 0.3) is 0 Å². The molecule has 25 heavy (non-hydrogen) atoms. The van der Waals surface area contributed by atoms with Crippen molar-refractivity contribution in [3.05, 3.63) is 58.9 Å². The average Bonchev–Trinajstić information content (AvgIpc) is 2.59. The van der Waals surface area contributed by atoms with Gasteiger partial charge in [0, 0.05) is 17.1 Å². The molecule has 0 saturated carbocycles. The predicted octanol–water partition coefficient (Wildman–Crippen LogP) is 4.34. The molecule has 2 aromatic rings. The molecule has 1 unspecified atom stereocenters. The highest BCUT2D eigenvalue weighted by molar-refractivity contribution is 6.31. The van der Waals surface area contributed by atoms with Crippen LogP contribution >= 0.6 is 11.6 Å². The van der Waals surface area contributed by atoms with Gasteiger partial charge in [0.2, 0.25) is 5.91 Å². The van der Waals surface area contributed by atoms with Gasteiger partial charge in [-0.1, -0.05) is 29.8 Å². The lowest BCUT2D eigenvalue weighted by Crippen LogP contribution is -2.39. The van der Waals surface area contributed by atoms with Crippen molar-refractivity contribution < 1.29 is 13.9 Å². The maximum atomic E-state index is 13.9. The van der Waals surface area contributed by atoms with Crippen molar-refractivity contribution in [3.63, 3.8) is 0 Å². The van der Waals surface area contributed by atoms with E-state index in [0.717, 1.165) is 0 Å². The number of amides is 1. The van der Waals surface area contributed by atoms with E-state index in [-0.39, 0.29) is 18.3 Å². The van der Waals surface area contributed by atoms with E-state index in [0.29, 0.717) is 28.6 Å². The molecule has 0 radical (unpaired) electrons. The second-order valence-electron chi connectivity index (χ2n) is 5.71. The van der Waals surface area contributed by atoms with Crippen LogP contribution in [0.1, 0.15) is 19.4 Å². The third-order valence-corrected chi connectivity index (χ3v) is 4.31. The zero-order chi connectivity index (χ0) is 18.4. The highest BCUT2D eigenvalue weighted by Crippen LogP contribution is 2.25. The summed E-state index contributed by atoms with van der Waals surface area (Å²) in [5, 5.41) is 3.21. The van der Waals surface area contributed by atoms with Gasteiger partial charge in [0.1, 0.15) is 11.6 Å². The molecule has 1 amide bonds. The van der Waals surface area contributed by atoms with Crippen molar-refractivity contribution in [2.24, 2.45) is 0 Å². The van der Waals surface area contributed by atoms with E-state index in [4.69, 9.17) is 16.3 Å². The molecule has 0 aromatic heterocycles. The molecule has 0 aliphatic heterocycles. The summed E-state index contributed by atoms with van der Waals surface area (Å²) in [7, 11) is 1.75. The Morgan fingerprint density at radius 3 is 2.68 bits per heavy atom. The first-order chi connectivity index (χ1) is 11.9. The van der Waals surface area contributed by atoms with Crippen molar-refractivity contribution in [2.75, 3.05) is 19.0 Å². The normalized spacial score (nSPS) is 12.1. The zero-order valence-corrected chi connectivity index (χ0v) is 15.3. The Labute approximate surface area is 152 Å². The lowest BCUT2D eigenvalue weighted by molar-refractivity contribution is -0.120. The van der Waals surface area contributed by atoms with Crippen LogP contribution < -0.4 is 10.1 Å². The maximum Gasteiger partial charge on any atom is 0.241 e. The van der Waals surface area contributed by atoms with Gasteiger partial charge in [0.05, 0.1) is 18.3 Å². The number of para-hydroxylation sites is 2. The molecular formula is C19H22ClFN2O2. The number of likely N-dealkylation sites (N-methyl/N-ethyl adjacent to an activating group) is 1. The zero-order valence-electron chi connectivity index (χ0n) is 14.6. The molecule has 4 nitrogen and oxygen atoms in total. The minimum Gasteiger partial charge on any atom is -0.492 e. The van der Waals surface area contributed by atoms with Gasteiger partial charge in [-0.15, -0.1) is 0 Å². The first-order valence-corrected chi connectivity index (χ1v) is 8.47. The number of carbonyl (C=O) groups is 1. The summed E-state index contributed by atoms with van der Waals surface area (Å²) in [6.07, 6.45) is 0. The van der Waals surface area contributed by atoms with Crippen LogP contribution in [-0.2, 0) is 11.3 Å². The van der Waals surface area contributed by atoms with E-state index < -0.39 is 6.04 Å². The molecule has 0 aliphatic rings. The molecule has 0 bridgehead atoms. The quantitative estimate of drug-likeness (QED) is 0.794. The molecule has 1 atom stereocenters. The van der Waals surface area contributed by atoms with Crippen molar-refractivity contribution in [1.29, 1.82) is 0 Å². The minimum absolute atomic E-state index is 0.206. The van der Waals surface area contributed by atoms with E-state index in [1.165, 1.54) is 6.07 Å². The topological polar surface area (TPSA) is 41.6 Å². The number of nitrogens with one attached hydrogen (secondary N) is 1. The molecule has 134 valence electrons. The Kier molecular flexibility index (Phi) is 6.79. The van der Waals surface area contributed by atoms with Crippen LogP contribution in [-0.4, -0.2) is 30.5 Å². The van der Waals surface area contributed by atoms with Crippen molar-refractivity contribution in [2.45, 2.75) is 26.4 Å². The molecule has 6 heteroatoms. The van der Waals surface area contributed by atoms with Gasteiger partial charge in [-0.3, -0.25) is 9.69 Å². The molecule has 0 fully saturated rings. The lowest BCUT2D eigenvalue weighted by Gasteiger charge is -2.25. The Morgan fingerprint density at radius 2 is 2.00 bits per heavy atom. The van der Waals surface area contributed by atoms with E-state index in [9.17, 15) is 9.18 Å². The van der Waals surface area contributed by atoms with Gasteiger partial charge in [0.15, 0.2) is 0 Å². The van der Waals surface area contributed by atoms with Crippen LogP contribution in [0.3, 0.4) is 0 Å². The minimum atomic E-state index is -0.481. The third kappa shape index (κ3) is 4.94. The number of ether oxygens (including phenoxy) is 1.